The van der Waals surface area contributed by atoms with E-state index in [1.54, 1.807) is 6.07 Å². The van der Waals surface area contributed by atoms with E-state index in [1.165, 1.54) is 6.20 Å². The zero-order valence-corrected chi connectivity index (χ0v) is 8.56. The Kier molecular flexibility index (Phi) is 2.05. The van der Waals surface area contributed by atoms with Gasteiger partial charge in [0.25, 0.3) is 5.56 Å². The van der Waals surface area contributed by atoms with E-state index >= 15 is 0 Å². The van der Waals surface area contributed by atoms with Gasteiger partial charge in [-0.05, 0) is 22.0 Å². The summed E-state index contributed by atoms with van der Waals surface area (Å²) in [5, 5.41) is 6.70. The van der Waals surface area contributed by atoms with Crippen molar-refractivity contribution in [3.05, 3.63) is 32.2 Å². The normalized spacial score (nSPS) is 10.6. The highest BCUT2D eigenvalue weighted by molar-refractivity contribution is 9.10. The SMILES string of the molecule is O=c1[nH]ncc2nc(Cl)c(Br)cc12. The molecular weight excluding hydrogens is 257 g/mol. The minimum Gasteiger partial charge on any atom is -0.267 e. The van der Waals surface area contributed by atoms with Gasteiger partial charge in [-0.3, -0.25) is 4.79 Å². The largest absolute Gasteiger partial charge is 0.273 e. The standard InChI is InChI=1S/C7H3BrClN3O/c8-4-1-3-5(11-6(4)9)2-10-12-7(3)13/h1-2H,(H,12,13). The lowest BCUT2D eigenvalue weighted by Crippen LogP contribution is -2.08. The van der Waals surface area contributed by atoms with Crippen LogP contribution in [0.5, 0.6) is 0 Å². The molecule has 6 heteroatoms. The molecule has 2 heterocycles. The van der Waals surface area contributed by atoms with E-state index in [1.807, 2.05) is 0 Å². The van der Waals surface area contributed by atoms with E-state index in [-0.39, 0.29) is 5.56 Å². The van der Waals surface area contributed by atoms with E-state index in [4.69, 9.17) is 11.6 Å². The molecule has 0 aromatic carbocycles. The summed E-state index contributed by atoms with van der Waals surface area (Å²) in [5.41, 5.74) is 0.208. The third kappa shape index (κ3) is 1.45. The number of aromatic amines is 1. The van der Waals surface area contributed by atoms with Gasteiger partial charge in [0.05, 0.1) is 21.6 Å². The molecule has 0 aliphatic rings. The second kappa shape index (κ2) is 3.08. The maximum absolute atomic E-state index is 11.2. The fraction of sp³-hybridized carbons (Fsp3) is 0. The molecule has 0 radical (unpaired) electrons. The van der Waals surface area contributed by atoms with Gasteiger partial charge in [0.1, 0.15) is 5.15 Å². The van der Waals surface area contributed by atoms with Crippen LogP contribution in [0.2, 0.25) is 5.15 Å². The van der Waals surface area contributed by atoms with Crippen LogP contribution in [0.15, 0.2) is 21.5 Å². The van der Waals surface area contributed by atoms with E-state index in [0.717, 1.165) is 0 Å². The van der Waals surface area contributed by atoms with E-state index in [2.05, 4.69) is 31.1 Å². The highest BCUT2D eigenvalue weighted by atomic mass is 79.9. The first kappa shape index (κ1) is 8.65. The highest BCUT2D eigenvalue weighted by Crippen LogP contribution is 2.22. The Morgan fingerprint density at radius 1 is 1.54 bits per heavy atom. The Hall–Kier alpha value is -0.940. The smallest absolute Gasteiger partial charge is 0.267 e. The number of H-pyrrole nitrogens is 1. The summed E-state index contributed by atoms with van der Waals surface area (Å²) in [4.78, 5) is 15.2. The molecule has 4 nitrogen and oxygen atoms in total. The molecule has 66 valence electrons. The van der Waals surface area contributed by atoms with E-state index in [9.17, 15) is 4.79 Å². The van der Waals surface area contributed by atoms with Gasteiger partial charge >= 0.3 is 0 Å². The predicted octanol–water partition coefficient (Wildman–Crippen LogP) is 1.73. The molecule has 0 saturated carbocycles. The monoisotopic (exact) mass is 259 g/mol. The summed E-state index contributed by atoms with van der Waals surface area (Å²) >= 11 is 8.92. The summed E-state index contributed by atoms with van der Waals surface area (Å²) in [6.07, 6.45) is 1.45. The lowest BCUT2D eigenvalue weighted by molar-refractivity contribution is 1.00. The molecule has 0 fully saturated rings. The number of nitrogens with one attached hydrogen (secondary N) is 1. The average molecular weight is 260 g/mol. The maximum Gasteiger partial charge on any atom is 0.273 e. The summed E-state index contributed by atoms with van der Waals surface area (Å²) in [5.74, 6) is 0. The van der Waals surface area contributed by atoms with Crippen molar-refractivity contribution in [2.45, 2.75) is 0 Å². The second-order valence-corrected chi connectivity index (χ2v) is 3.61. The van der Waals surface area contributed by atoms with E-state index in [0.29, 0.717) is 20.5 Å². The summed E-state index contributed by atoms with van der Waals surface area (Å²) in [6, 6.07) is 1.62. The minimum absolute atomic E-state index is 0.276. The first-order valence-electron chi connectivity index (χ1n) is 3.38. The summed E-state index contributed by atoms with van der Waals surface area (Å²) in [7, 11) is 0. The predicted molar refractivity (Wildman–Crippen MR) is 52.9 cm³/mol. The molecule has 0 amide bonds. The van der Waals surface area contributed by atoms with Crippen LogP contribution in [-0.4, -0.2) is 15.2 Å². The summed E-state index contributed by atoms with van der Waals surface area (Å²) in [6.45, 7) is 0. The Morgan fingerprint density at radius 2 is 2.31 bits per heavy atom. The van der Waals surface area contributed by atoms with Crippen LogP contribution in [0.3, 0.4) is 0 Å². The van der Waals surface area contributed by atoms with Gasteiger partial charge in [0.15, 0.2) is 0 Å². The first-order valence-corrected chi connectivity index (χ1v) is 4.55. The van der Waals surface area contributed by atoms with Gasteiger partial charge in [-0.1, -0.05) is 11.6 Å². The van der Waals surface area contributed by atoms with Gasteiger partial charge in [-0.25, -0.2) is 10.1 Å². The molecule has 0 aliphatic carbocycles. The fourth-order valence-corrected chi connectivity index (χ4v) is 1.44. The highest BCUT2D eigenvalue weighted by Gasteiger charge is 2.04. The average Bonchev–Trinajstić information content (AvgIpc) is 2.09. The number of fused-ring (bicyclic) bond motifs is 1. The van der Waals surface area contributed by atoms with Gasteiger partial charge < -0.3 is 0 Å². The molecule has 2 aromatic heterocycles. The number of aromatic nitrogens is 3. The Bertz CT molecular complexity index is 525. The molecule has 0 bridgehead atoms. The minimum atomic E-state index is -0.276. The van der Waals surface area contributed by atoms with Crippen LogP contribution in [0.25, 0.3) is 10.9 Å². The van der Waals surface area contributed by atoms with Gasteiger partial charge in [-0.15, -0.1) is 0 Å². The third-order valence-corrected chi connectivity index (χ3v) is 2.68. The zero-order chi connectivity index (χ0) is 9.42. The molecule has 2 aromatic rings. The van der Waals surface area contributed by atoms with Crippen molar-refractivity contribution in [3.63, 3.8) is 0 Å². The van der Waals surface area contributed by atoms with Crippen molar-refractivity contribution in [3.8, 4) is 0 Å². The third-order valence-electron chi connectivity index (χ3n) is 1.56. The van der Waals surface area contributed by atoms with Crippen molar-refractivity contribution < 1.29 is 0 Å². The van der Waals surface area contributed by atoms with Crippen molar-refractivity contribution >= 4 is 38.4 Å². The molecule has 2 rings (SSSR count). The topological polar surface area (TPSA) is 58.6 Å². The van der Waals surface area contributed by atoms with Gasteiger partial charge in [-0.2, -0.15) is 5.10 Å². The van der Waals surface area contributed by atoms with Crippen molar-refractivity contribution in [2.75, 3.05) is 0 Å². The van der Waals surface area contributed by atoms with Crippen molar-refractivity contribution in [1.29, 1.82) is 0 Å². The number of nitrogens with zero attached hydrogens (tertiary/aromatic N) is 2. The van der Waals surface area contributed by atoms with Crippen molar-refractivity contribution in [1.82, 2.24) is 15.2 Å². The van der Waals surface area contributed by atoms with Crippen LogP contribution in [0.1, 0.15) is 0 Å². The van der Waals surface area contributed by atoms with Crippen LogP contribution in [0, 0.1) is 0 Å². The van der Waals surface area contributed by atoms with Crippen LogP contribution < -0.4 is 5.56 Å². The molecule has 0 atom stereocenters. The molecule has 0 unspecified atom stereocenters. The maximum atomic E-state index is 11.2. The number of hydrogen-bond acceptors (Lipinski definition) is 3. The van der Waals surface area contributed by atoms with Crippen LogP contribution in [0.4, 0.5) is 0 Å². The fourth-order valence-electron chi connectivity index (χ4n) is 0.972. The van der Waals surface area contributed by atoms with Crippen LogP contribution in [-0.2, 0) is 0 Å². The molecule has 0 aliphatic heterocycles. The lowest BCUT2D eigenvalue weighted by Gasteiger charge is -1.97. The second-order valence-electron chi connectivity index (χ2n) is 2.39. The molecule has 0 saturated heterocycles. The first-order chi connectivity index (χ1) is 6.18. The molecule has 0 spiro atoms. The number of pyridine rings is 1. The zero-order valence-electron chi connectivity index (χ0n) is 6.21. The molecule has 1 N–H and O–H groups in total. The van der Waals surface area contributed by atoms with Crippen molar-refractivity contribution in [2.24, 2.45) is 0 Å². The lowest BCUT2D eigenvalue weighted by atomic mass is 10.3. The summed E-state index contributed by atoms with van der Waals surface area (Å²) < 4.78 is 0.596. The molecular formula is C7H3BrClN3O. The molecule has 13 heavy (non-hydrogen) atoms. The quantitative estimate of drug-likeness (QED) is 0.734. The van der Waals surface area contributed by atoms with Gasteiger partial charge in [0.2, 0.25) is 0 Å². The number of halogens is 2. The Labute approximate surface area is 86.1 Å². The Balaban J connectivity index is 2.97. The van der Waals surface area contributed by atoms with E-state index < -0.39 is 0 Å². The number of hydrogen-bond donors (Lipinski definition) is 1. The van der Waals surface area contributed by atoms with Gasteiger partial charge in [0, 0.05) is 0 Å². The number of rotatable bonds is 0. The van der Waals surface area contributed by atoms with Crippen LogP contribution >= 0.6 is 27.5 Å². The Morgan fingerprint density at radius 3 is 3.08 bits per heavy atom.